The third-order valence-corrected chi connectivity index (χ3v) is 4.32. The smallest absolute Gasteiger partial charge is 0.284 e. The van der Waals surface area contributed by atoms with Crippen LogP contribution in [0.1, 0.15) is 66.0 Å². The van der Waals surface area contributed by atoms with Crippen molar-refractivity contribution in [3.05, 3.63) is 46.3 Å². The zero-order valence-electron chi connectivity index (χ0n) is 15.6. The molecule has 0 aliphatic heterocycles. The average molecular weight is 328 g/mol. The predicted molar refractivity (Wildman–Crippen MR) is 97.1 cm³/mol. The van der Waals surface area contributed by atoms with Gasteiger partial charge in [0, 0.05) is 5.69 Å². The van der Waals surface area contributed by atoms with Crippen molar-refractivity contribution in [2.75, 3.05) is 6.61 Å². The summed E-state index contributed by atoms with van der Waals surface area (Å²) in [4.78, 5) is 12.6. The van der Waals surface area contributed by atoms with E-state index in [1.165, 1.54) is 10.2 Å². The lowest BCUT2D eigenvalue weighted by Crippen LogP contribution is -2.22. The molecule has 24 heavy (non-hydrogen) atoms. The topological polar surface area (TPSA) is 44.1 Å². The van der Waals surface area contributed by atoms with E-state index in [2.05, 4.69) is 38.0 Å². The van der Waals surface area contributed by atoms with Gasteiger partial charge in [-0.1, -0.05) is 39.3 Å². The van der Waals surface area contributed by atoms with Crippen LogP contribution in [0.4, 0.5) is 0 Å². The van der Waals surface area contributed by atoms with Crippen LogP contribution in [0.5, 0.6) is 5.75 Å². The first-order valence-corrected chi connectivity index (χ1v) is 8.66. The normalized spacial score (nSPS) is 11.1. The fourth-order valence-electron chi connectivity index (χ4n) is 2.97. The summed E-state index contributed by atoms with van der Waals surface area (Å²) in [6.45, 7) is 12.3. The minimum Gasteiger partial charge on any atom is -0.483 e. The van der Waals surface area contributed by atoms with Gasteiger partial charge in [0.1, 0.15) is 5.75 Å². The minimum atomic E-state index is -0.130. The first-order valence-electron chi connectivity index (χ1n) is 8.66. The molecule has 130 valence electrons. The molecule has 1 aromatic heterocycles. The highest BCUT2D eigenvalue weighted by Crippen LogP contribution is 2.27. The van der Waals surface area contributed by atoms with Crippen molar-refractivity contribution in [3.8, 4) is 5.75 Å². The van der Waals surface area contributed by atoms with Crippen LogP contribution >= 0.6 is 0 Å². The zero-order chi connectivity index (χ0) is 17.9. The van der Waals surface area contributed by atoms with Gasteiger partial charge in [-0.25, -0.2) is 4.68 Å². The molecule has 0 saturated heterocycles. The molecule has 4 heteroatoms. The Morgan fingerprint density at radius 1 is 1.25 bits per heavy atom. The first kappa shape index (κ1) is 18.2. The molecule has 4 nitrogen and oxygen atoms in total. The van der Waals surface area contributed by atoms with Gasteiger partial charge in [0.15, 0.2) is 6.61 Å². The number of aromatic nitrogens is 2. The summed E-state index contributed by atoms with van der Waals surface area (Å²) in [6.07, 6.45) is 1.99. The lowest BCUT2D eigenvalue weighted by Gasteiger charge is -2.14. The Labute approximate surface area is 144 Å². The number of hydrogen-bond acceptors (Lipinski definition) is 3. The van der Waals surface area contributed by atoms with Crippen molar-refractivity contribution < 1.29 is 9.53 Å². The van der Waals surface area contributed by atoms with Gasteiger partial charge in [-0.15, -0.1) is 0 Å². The number of hydrogen-bond donors (Lipinski definition) is 0. The summed E-state index contributed by atoms with van der Waals surface area (Å²) in [5.41, 5.74) is 5.27. The van der Waals surface area contributed by atoms with E-state index in [-0.39, 0.29) is 12.5 Å². The van der Waals surface area contributed by atoms with Gasteiger partial charge in [0.25, 0.3) is 5.91 Å². The second kappa shape index (κ2) is 7.65. The third kappa shape index (κ3) is 3.86. The number of aryl methyl sites for hydroxylation is 2. The standard InChI is InChI=1S/C20H28N2O2/c1-7-8-18-15(5)21-22(16(18)6)20(23)12-24-19-11-14(4)9-10-17(19)13(2)3/h9-11,13H,7-8,12H2,1-6H3. The van der Waals surface area contributed by atoms with E-state index in [1.807, 2.05) is 26.8 Å². The highest BCUT2D eigenvalue weighted by atomic mass is 16.5. The van der Waals surface area contributed by atoms with Crippen LogP contribution < -0.4 is 4.74 Å². The summed E-state index contributed by atoms with van der Waals surface area (Å²) in [5, 5.41) is 4.40. The van der Waals surface area contributed by atoms with Crippen molar-refractivity contribution in [1.29, 1.82) is 0 Å². The molecule has 0 bridgehead atoms. The van der Waals surface area contributed by atoms with Crippen molar-refractivity contribution in [3.63, 3.8) is 0 Å². The highest BCUT2D eigenvalue weighted by Gasteiger charge is 2.17. The van der Waals surface area contributed by atoms with Gasteiger partial charge in [0.05, 0.1) is 5.69 Å². The summed E-state index contributed by atoms with van der Waals surface area (Å²) in [7, 11) is 0. The minimum absolute atomic E-state index is 0.00328. The molecule has 0 fully saturated rings. The summed E-state index contributed by atoms with van der Waals surface area (Å²) in [5.74, 6) is 1.00. The number of nitrogens with zero attached hydrogens (tertiary/aromatic N) is 2. The molecule has 0 unspecified atom stereocenters. The molecule has 0 N–H and O–H groups in total. The van der Waals surface area contributed by atoms with Crippen molar-refractivity contribution in [1.82, 2.24) is 9.78 Å². The van der Waals surface area contributed by atoms with Gasteiger partial charge < -0.3 is 4.74 Å². The SMILES string of the molecule is CCCc1c(C)nn(C(=O)COc2cc(C)ccc2C(C)C)c1C. The van der Waals surface area contributed by atoms with E-state index in [4.69, 9.17) is 4.74 Å². The molecule has 0 amide bonds. The number of carbonyl (C=O) groups is 1. The summed E-state index contributed by atoms with van der Waals surface area (Å²) >= 11 is 0. The number of ether oxygens (including phenoxy) is 1. The van der Waals surface area contributed by atoms with Gasteiger partial charge in [-0.3, -0.25) is 4.79 Å². The Morgan fingerprint density at radius 3 is 2.58 bits per heavy atom. The zero-order valence-corrected chi connectivity index (χ0v) is 15.6. The largest absolute Gasteiger partial charge is 0.483 e. The molecule has 1 heterocycles. The molecule has 2 aromatic rings. The van der Waals surface area contributed by atoms with Crippen molar-refractivity contribution in [2.24, 2.45) is 0 Å². The van der Waals surface area contributed by atoms with Crippen LogP contribution in [0.2, 0.25) is 0 Å². The maximum atomic E-state index is 12.6. The van der Waals surface area contributed by atoms with Crippen LogP contribution in [-0.4, -0.2) is 22.3 Å². The van der Waals surface area contributed by atoms with E-state index in [0.717, 1.165) is 41.1 Å². The second-order valence-electron chi connectivity index (χ2n) is 6.69. The molecular weight excluding hydrogens is 300 g/mol. The van der Waals surface area contributed by atoms with Crippen LogP contribution in [0.15, 0.2) is 18.2 Å². The van der Waals surface area contributed by atoms with Gasteiger partial charge in [-0.2, -0.15) is 5.10 Å². The third-order valence-electron chi connectivity index (χ3n) is 4.32. The van der Waals surface area contributed by atoms with Crippen LogP contribution in [-0.2, 0) is 6.42 Å². The molecule has 0 aliphatic carbocycles. The number of benzene rings is 1. The summed E-state index contributed by atoms with van der Waals surface area (Å²) in [6, 6.07) is 6.14. The maximum absolute atomic E-state index is 12.6. The molecule has 0 saturated carbocycles. The van der Waals surface area contributed by atoms with Gasteiger partial charge >= 0.3 is 0 Å². The monoisotopic (exact) mass is 328 g/mol. The average Bonchev–Trinajstić information content (AvgIpc) is 2.81. The molecule has 2 rings (SSSR count). The van der Waals surface area contributed by atoms with Crippen LogP contribution in [0.3, 0.4) is 0 Å². The molecular formula is C20H28N2O2. The fourth-order valence-corrected chi connectivity index (χ4v) is 2.97. The van der Waals surface area contributed by atoms with Crippen LogP contribution in [0, 0.1) is 20.8 Å². The van der Waals surface area contributed by atoms with E-state index >= 15 is 0 Å². The quantitative estimate of drug-likeness (QED) is 0.778. The molecule has 0 aliphatic rings. The predicted octanol–water partition coefficient (Wildman–Crippen LogP) is 4.60. The molecule has 0 atom stereocenters. The molecule has 1 aromatic carbocycles. The summed E-state index contributed by atoms with van der Waals surface area (Å²) < 4.78 is 7.34. The lowest BCUT2D eigenvalue weighted by molar-refractivity contribution is 0.0817. The maximum Gasteiger partial charge on any atom is 0.284 e. The number of rotatable bonds is 6. The Kier molecular flexibility index (Phi) is 5.81. The Bertz CT molecular complexity index is 729. The van der Waals surface area contributed by atoms with E-state index < -0.39 is 0 Å². The Hall–Kier alpha value is -2.10. The van der Waals surface area contributed by atoms with Crippen LogP contribution in [0.25, 0.3) is 0 Å². The first-order chi connectivity index (χ1) is 11.3. The van der Waals surface area contributed by atoms with Gasteiger partial charge in [-0.05, 0) is 55.9 Å². The van der Waals surface area contributed by atoms with Crippen molar-refractivity contribution >= 4 is 5.91 Å². The second-order valence-corrected chi connectivity index (χ2v) is 6.69. The van der Waals surface area contributed by atoms with E-state index in [1.54, 1.807) is 0 Å². The lowest BCUT2D eigenvalue weighted by atomic mass is 10.0. The fraction of sp³-hybridized carbons (Fsp3) is 0.500. The van der Waals surface area contributed by atoms with Crippen molar-refractivity contribution in [2.45, 2.75) is 60.3 Å². The van der Waals surface area contributed by atoms with Gasteiger partial charge in [0.2, 0.25) is 0 Å². The Morgan fingerprint density at radius 2 is 1.96 bits per heavy atom. The Balaban J connectivity index is 2.17. The van der Waals surface area contributed by atoms with E-state index in [9.17, 15) is 4.79 Å². The molecule has 0 radical (unpaired) electrons. The highest BCUT2D eigenvalue weighted by molar-refractivity contribution is 5.80. The molecule has 0 spiro atoms. The van der Waals surface area contributed by atoms with E-state index in [0.29, 0.717) is 5.92 Å². The number of carbonyl (C=O) groups excluding carboxylic acids is 1.